The lowest BCUT2D eigenvalue weighted by molar-refractivity contribution is 0.261. The first-order valence-corrected chi connectivity index (χ1v) is 42.4. The molecule has 580 valence electrons. The van der Waals surface area contributed by atoms with Gasteiger partial charge in [-0.25, -0.2) is 4.79 Å². The number of nitrogens with one attached hydrogen (secondary N) is 2. The maximum absolute atomic E-state index is 14.3. The maximum atomic E-state index is 14.3. The first-order chi connectivity index (χ1) is 49.7. The fourth-order valence-corrected chi connectivity index (χ4v) is 12.4. The number of urea groups is 1. The van der Waals surface area contributed by atoms with Crippen LogP contribution in [0.5, 0.6) is 34.5 Å². The SMILES string of the molecule is CCc1cc(OCCS(=O)(=O)O)ccc1/N=N\c1cc(OCCCCS(=O)(=O)O)c(N=Nc2cc(OCCCCS(=O)(=O)O)c(NC(=O)Nc3cc(C)c(N=Nc4cc(C)c(/N=N/c5ccc(OCCS(=O)(=O)O)cc5CC)cc4OCCCCS(=O)(=O)O)cc3OCCCCS(=O)(=O)O)cc2C)cc1C. The monoisotopic (exact) mass is 1600 g/mol. The summed E-state index contributed by atoms with van der Waals surface area (Å²) >= 11 is 0. The number of rotatable bonds is 44. The standard InChI is InChI=1S/C65H84N10O25S6/c1-7-47-37-49(95-25-31-105(89,90)91)17-19-51(47)68-70-55-41-63(99-23-11-15-29-103(83,84)85)59(35-45(55)5)74-72-53-39-61(97-21-9-13-27-101(77,78)79)57(33-43(53)3)66-65(76)67-58-34-44(4)54(40-62(58)98-22-10-14-28-102(80,81)82)73-75-60-36-46(6)56(42-64(60)100-24-12-16-30-104(86,87)88)71-69-52-20-18-50(38-48(52)8-2)96-26-32-106(92,93)94/h17-20,33-42H,7-16,21-32H2,1-6H3,(H2,66,67,76)(H,77,78,79)(H,80,81,82)(H,83,84,85)(H,86,87,88)(H,89,90,91)(H,92,93,94)/b70-68-,71-69+,74-72?,75-73?. The zero-order valence-electron chi connectivity index (χ0n) is 58.6. The maximum Gasteiger partial charge on any atom is 0.323 e. The Labute approximate surface area is 615 Å². The van der Waals surface area contributed by atoms with E-state index in [9.17, 15) is 73.5 Å². The molecule has 41 heteroatoms. The molecule has 6 aromatic carbocycles. The number of hydrogen-bond acceptors (Lipinski definition) is 27. The number of carbonyl (C=O) groups excluding carboxylic acids is 1. The fourth-order valence-electron chi connectivity index (χ4n) is 9.51. The van der Waals surface area contributed by atoms with Crippen LogP contribution in [0.2, 0.25) is 0 Å². The van der Waals surface area contributed by atoms with Crippen molar-refractivity contribution in [2.45, 2.75) is 106 Å². The molecule has 0 aromatic heterocycles. The Hall–Kier alpha value is -8.75. The Morgan fingerprint density at radius 1 is 0.311 bits per heavy atom. The predicted molar refractivity (Wildman–Crippen MR) is 394 cm³/mol. The number of carbonyl (C=O) groups is 1. The number of anilines is 2. The summed E-state index contributed by atoms with van der Waals surface area (Å²) in [5.74, 6) is -2.41. The number of ether oxygens (including phenoxy) is 6. The molecular formula is C65H84N10O25S6. The van der Waals surface area contributed by atoms with Crippen molar-refractivity contribution < 1.29 is 111 Å². The van der Waals surface area contributed by atoms with Gasteiger partial charge in [0.15, 0.2) is 0 Å². The highest BCUT2D eigenvalue weighted by Crippen LogP contribution is 2.42. The van der Waals surface area contributed by atoms with Gasteiger partial charge in [0.05, 0.1) is 94.9 Å². The van der Waals surface area contributed by atoms with Crippen LogP contribution in [0.4, 0.5) is 61.7 Å². The minimum atomic E-state index is -4.32. The summed E-state index contributed by atoms with van der Waals surface area (Å²) in [4.78, 5) is 14.3. The van der Waals surface area contributed by atoms with E-state index in [4.69, 9.17) is 37.5 Å². The molecule has 0 atom stereocenters. The van der Waals surface area contributed by atoms with Gasteiger partial charge in [-0.3, -0.25) is 27.3 Å². The van der Waals surface area contributed by atoms with Crippen LogP contribution >= 0.6 is 0 Å². The number of nitrogens with zero attached hydrogens (tertiary/aromatic N) is 8. The van der Waals surface area contributed by atoms with Gasteiger partial charge in [-0.2, -0.15) is 81.2 Å². The zero-order chi connectivity index (χ0) is 78.0. The Balaban J connectivity index is 1.33. The number of aryl methyl sites for hydroxylation is 6. The van der Waals surface area contributed by atoms with Crippen LogP contribution in [0, 0.1) is 27.7 Å². The van der Waals surface area contributed by atoms with Gasteiger partial charge in [-0.05, 0) is 186 Å². The highest BCUT2D eigenvalue weighted by Gasteiger charge is 2.20. The van der Waals surface area contributed by atoms with E-state index < -0.39 is 101 Å². The Kier molecular flexibility index (Phi) is 32.3. The topological polar surface area (TPSA) is 522 Å². The van der Waals surface area contributed by atoms with Crippen molar-refractivity contribution >= 4 is 124 Å². The van der Waals surface area contributed by atoms with E-state index in [1.54, 1.807) is 76.2 Å². The summed E-state index contributed by atoms with van der Waals surface area (Å²) in [5.41, 5.74) is 5.77. The summed E-state index contributed by atoms with van der Waals surface area (Å²) in [6.45, 7) is 9.52. The van der Waals surface area contributed by atoms with Crippen molar-refractivity contribution in [1.29, 1.82) is 0 Å². The molecule has 8 N–H and O–H groups in total. The van der Waals surface area contributed by atoms with Gasteiger partial charge < -0.3 is 39.1 Å². The highest BCUT2D eigenvalue weighted by molar-refractivity contribution is 7.87. The van der Waals surface area contributed by atoms with E-state index in [1.807, 2.05) is 13.8 Å². The molecule has 0 aliphatic heterocycles. The van der Waals surface area contributed by atoms with Gasteiger partial charge >= 0.3 is 6.03 Å². The molecule has 0 heterocycles. The number of benzene rings is 6. The van der Waals surface area contributed by atoms with E-state index in [0.717, 1.165) is 0 Å². The van der Waals surface area contributed by atoms with Crippen molar-refractivity contribution in [2.75, 3.05) is 84.8 Å². The number of azo groups is 4. The third-order valence-corrected chi connectivity index (χ3v) is 19.6. The van der Waals surface area contributed by atoms with Crippen LogP contribution in [-0.2, 0) is 73.6 Å². The second-order valence-corrected chi connectivity index (χ2v) is 33.2. The predicted octanol–water partition coefficient (Wildman–Crippen LogP) is 14.1. The summed E-state index contributed by atoms with van der Waals surface area (Å²) in [5, 5.41) is 41.5. The molecule has 0 unspecified atom stereocenters. The quantitative estimate of drug-likeness (QED) is 0.0100. The van der Waals surface area contributed by atoms with Gasteiger partial charge in [-0.1, -0.05) is 13.8 Å². The van der Waals surface area contributed by atoms with Crippen molar-refractivity contribution in [3.05, 3.63) is 118 Å². The molecule has 0 bridgehead atoms. The van der Waals surface area contributed by atoms with E-state index in [-0.39, 0.29) is 148 Å². The van der Waals surface area contributed by atoms with E-state index >= 15 is 0 Å². The molecule has 106 heavy (non-hydrogen) atoms. The fraction of sp³-hybridized carbons (Fsp3) is 0.431. The molecule has 0 saturated carbocycles. The second-order valence-electron chi connectivity index (χ2n) is 23.8. The molecule has 0 radical (unpaired) electrons. The van der Waals surface area contributed by atoms with Crippen LogP contribution in [0.3, 0.4) is 0 Å². The highest BCUT2D eigenvalue weighted by atomic mass is 32.2. The first kappa shape index (κ1) is 86.2. The van der Waals surface area contributed by atoms with E-state index in [2.05, 4.69) is 51.5 Å². The molecule has 0 saturated heterocycles. The van der Waals surface area contributed by atoms with Crippen molar-refractivity contribution in [2.24, 2.45) is 40.9 Å². The molecule has 6 aromatic rings. The second kappa shape index (κ2) is 39.7. The summed E-state index contributed by atoms with van der Waals surface area (Å²) in [7, 11) is -25.7. The van der Waals surface area contributed by atoms with Crippen molar-refractivity contribution in [1.82, 2.24) is 0 Å². The van der Waals surface area contributed by atoms with Gasteiger partial charge in [0.25, 0.3) is 60.7 Å². The number of amides is 2. The summed E-state index contributed by atoms with van der Waals surface area (Å²) in [6, 6.07) is 21.0. The lowest BCUT2D eigenvalue weighted by atomic mass is 10.1. The molecular weight excluding hydrogens is 1510 g/mol. The van der Waals surface area contributed by atoms with E-state index in [0.29, 0.717) is 80.5 Å². The minimum Gasteiger partial charge on any atom is -0.492 e. The third kappa shape index (κ3) is 31.7. The average molecular weight is 1600 g/mol. The Morgan fingerprint density at radius 3 is 0.868 bits per heavy atom. The lowest BCUT2D eigenvalue weighted by Gasteiger charge is -2.17. The van der Waals surface area contributed by atoms with Gasteiger partial charge in [-0.15, -0.1) is 10.2 Å². The number of unbranched alkanes of at least 4 members (excludes halogenated alkanes) is 4. The van der Waals surface area contributed by atoms with Crippen LogP contribution in [-0.4, -0.2) is 158 Å². The summed E-state index contributed by atoms with van der Waals surface area (Å²) in [6.07, 6.45) is 1.63. The van der Waals surface area contributed by atoms with Crippen LogP contribution in [0.1, 0.15) is 98.6 Å². The normalized spacial score (nSPS) is 12.6. The van der Waals surface area contributed by atoms with Gasteiger partial charge in [0.1, 0.15) is 70.6 Å². The van der Waals surface area contributed by atoms with Crippen molar-refractivity contribution in [3.8, 4) is 34.5 Å². The molecule has 6 rings (SSSR count). The molecule has 2 amide bonds. The van der Waals surface area contributed by atoms with Gasteiger partial charge in [0, 0.05) is 24.3 Å². The van der Waals surface area contributed by atoms with E-state index in [1.165, 1.54) is 36.4 Å². The zero-order valence-corrected chi connectivity index (χ0v) is 63.5. The number of hydrogen-bond donors (Lipinski definition) is 8. The van der Waals surface area contributed by atoms with Crippen LogP contribution in [0.25, 0.3) is 0 Å². The Morgan fingerprint density at radius 2 is 0.575 bits per heavy atom. The Bertz CT molecular complexity index is 4630. The van der Waals surface area contributed by atoms with Crippen molar-refractivity contribution in [3.63, 3.8) is 0 Å². The molecule has 0 aliphatic carbocycles. The average Bonchev–Trinajstić information content (AvgIpc) is 0.818. The molecule has 35 nitrogen and oxygen atoms in total. The van der Waals surface area contributed by atoms with Gasteiger partial charge in [0.2, 0.25) is 0 Å². The third-order valence-electron chi connectivity index (χ3n) is 15.0. The summed E-state index contributed by atoms with van der Waals surface area (Å²) < 4.78 is 228. The molecule has 0 fully saturated rings. The largest absolute Gasteiger partial charge is 0.492 e. The lowest BCUT2D eigenvalue weighted by Crippen LogP contribution is -2.21. The van der Waals surface area contributed by atoms with Crippen LogP contribution < -0.4 is 39.1 Å². The molecule has 0 aliphatic rings. The smallest absolute Gasteiger partial charge is 0.323 e. The van der Waals surface area contributed by atoms with Crippen LogP contribution in [0.15, 0.2) is 126 Å². The molecule has 0 spiro atoms. The minimum absolute atomic E-state index is 0.00986. The first-order valence-electron chi connectivity index (χ1n) is 32.8.